The Hall–Kier alpha value is -2.53. The lowest BCUT2D eigenvalue weighted by molar-refractivity contribution is 0.0716. The summed E-state index contributed by atoms with van der Waals surface area (Å²) in [5, 5.41) is 0.638. The average Bonchev–Trinajstić information content (AvgIpc) is 3.15. The summed E-state index contributed by atoms with van der Waals surface area (Å²) in [5.41, 5.74) is 4.15. The molecule has 0 saturated carbocycles. The number of rotatable bonds is 4. The molecule has 27 heavy (non-hydrogen) atoms. The second kappa shape index (κ2) is 6.57. The standard InChI is InChI=1S/C21H21ClN2O3/c1-12(24-11-16-14(21(24)26)5-4-6-18(16)27-3)9-13-7-8-15-17(19(13)22)10-23(2)20(15)25/h4-8,12H,9-11H2,1-3H3. The molecular formula is C21H21ClN2O3. The van der Waals surface area contributed by atoms with Gasteiger partial charge >= 0.3 is 0 Å². The number of methoxy groups -OCH3 is 1. The topological polar surface area (TPSA) is 49.9 Å². The molecule has 4 rings (SSSR count). The van der Waals surface area contributed by atoms with Gasteiger partial charge in [0.15, 0.2) is 0 Å². The van der Waals surface area contributed by atoms with E-state index < -0.39 is 0 Å². The predicted molar refractivity (Wildman–Crippen MR) is 103 cm³/mol. The first-order valence-corrected chi connectivity index (χ1v) is 9.32. The molecule has 0 N–H and O–H groups in total. The fourth-order valence-electron chi connectivity index (χ4n) is 4.00. The Morgan fingerprint density at radius 2 is 1.81 bits per heavy atom. The van der Waals surface area contributed by atoms with Crippen molar-refractivity contribution >= 4 is 23.4 Å². The van der Waals surface area contributed by atoms with Gasteiger partial charge in [-0.15, -0.1) is 0 Å². The maximum absolute atomic E-state index is 12.8. The van der Waals surface area contributed by atoms with Crippen molar-refractivity contribution in [3.05, 3.63) is 63.2 Å². The van der Waals surface area contributed by atoms with Crippen LogP contribution in [0.3, 0.4) is 0 Å². The van der Waals surface area contributed by atoms with Crippen LogP contribution in [0.2, 0.25) is 5.02 Å². The Morgan fingerprint density at radius 3 is 2.56 bits per heavy atom. The summed E-state index contributed by atoms with van der Waals surface area (Å²) in [4.78, 5) is 28.5. The molecule has 2 amide bonds. The molecule has 1 atom stereocenters. The molecule has 2 aromatic rings. The van der Waals surface area contributed by atoms with Crippen LogP contribution in [0.15, 0.2) is 30.3 Å². The van der Waals surface area contributed by atoms with Crippen LogP contribution in [-0.4, -0.2) is 41.8 Å². The first kappa shape index (κ1) is 17.9. The molecule has 0 aliphatic carbocycles. The predicted octanol–water partition coefficient (Wildman–Crippen LogP) is 3.52. The Kier molecular flexibility index (Phi) is 4.35. The molecule has 0 fully saturated rings. The Bertz CT molecular complexity index is 957. The van der Waals surface area contributed by atoms with Gasteiger partial charge in [-0.25, -0.2) is 0 Å². The van der Waals surface area contributed by atoms with Crippen LogP contribution < -0.4 is 4.74 Å². The van der Waals surface area contributed by atoms with E-state index in [-0.39, 0.29) is 17.9 Å². The smallest absolute Gasteiger partial charge is 0.254 e. The van der Waals surface area contributed by atoms with Gasteiger partial charge in [0.05, 0.1) is 13.7 Å². The van der Waals surface area contributed by atoms with E-state index in [0.29, 0.717) is 35.7 Å². The first-order valence-electron chi connectivity index (χ1n) is 8.95. The molecule has 2 aromatic carbocycles. The zero-order valence-corrected chi connectivity index (χ0v) is 16.3. The molecule has 2 aliphatic rings. The number of ether oxygens (including phenoxy) is 1. The summed E-state index contributed by atoms with van der Waals surface area (Å²) in [7, 11) is 3.39. The van der Waals surface area contributed by atoms with Gasteiger partial charge in [-0.1, -0.05) is 23.7 Å². The highest BCUT2D eigenvalue weighted by molar-refractivity contribution is 6.33. The Morgan fingerprint density at radius 1 is 1.07 bits per heavy atom. The maximum atomic E-state index is 12.8. The normalized spacial score (nSPS) is 16.6. The number of hydrogen-bond acceptors (Lipinski definition) is 3. The molecule has 0 bridgehead atoms. The number of nitrogens with zero attached hydrogens (tertiary/aromatic N) is 2. The minimum Gasteiger partial charge on any atom is -0.496 e. The van der Waals surface area contributed by atoms with Crippen molar-refractivity contribution in [1.29, 1.82) is 0 Å². The minimum absolute atomic E-state index is 0.00348. The van der Waals surface area contributed by atoms with E-state index in [1.54, 1.807) is 19.1 Å². The highest BCUT2D eigenvalue weighted by Gasteiger charge is 2.34. The summed E-state index contributed by atoms with van der Waals surface area (Å²) in [5.74, 6) is 0.764. The second-order valence-electron chi connectivity index (χ2n) is 7.20. The molecule has 2 heterocycles. The van der Waals surface area contributed by atoms with Gasteiger partial charge in [-0.2, -0.15) is 0 Å². The van der Waals surface area contributed by atoms with E-state index >= 15 is 0 Å². The molecule has 1 unspecified atom stereocenters. The largest absolute Gasteiger partial charge is 0.496 e. The van der Waals surface area contributed by atoms with Gasteiger partial charge in [0.25, 0.3) is 11.8 Å². The molecular weight excluding hydrogens is 364 g/mol. The summed E-state index contributed by atoms with van der Waals surface area (Å²) < 4.78 is 5.40. The van der Waals surface area contributed by atoms with Crippen LogP contribution in [-0.2, 0) is 19.5 Å². The van der Waals surface area contributed by atoms with E-state index in [1.807, 2.05) is 42.2 Å². The third kappa shape index (κ3) is 2.77. The van der Waals surface area contributed by atoms with E-state index in [1.165, 1.54) is 0 Å². The number of benzene rings is 2. The van der Waals surface area contributed by atoms with E-state index in [4.69, 9.17) is 16.3 Å². The lowest BCUT2D eigenvalue weighted by atomic mass is 10.0. The third-order valence-corrected chi connectivity index (χ3v) is 5.99. The van der Waals surface area contributed by atoms with Crippen LogP contribution in [0.1, 0.15) is 44.3 Å². The highest BCUT2D eigenvalue weighted by Crippen LogP contribution is 2.35. The molecule has 0 spiro atoms. The highest BCUT2D eigenvalue weighted by atomic mass is 35.5. The molecule has 0 radical (unpaired) electrons. The van der Waals surface area contributed by atoms with Crippen molar-refractivity contribution in [3.8, 4) is 5.75 Å². The van der Waals surface area contributed by atoms with Crippen molar-refractivity contribution in [2.45, 2.75) is 32.5 Å². The van der Waals surface area contributed by atoms with Crippen molar-refractivity contribution in [3.63, 3.8) is 0 Å². The van der Waals surface area contributed by atoms with Gasteiger partial charge in [-0.3, -0.25) is 9.59 Å². The Labute approximate surface area is 163 Å². The second-order valence-corrected chi connectivity index (χ2v) is 7.58. The molecule has 5 nitrogen and oxygen atoms in total. The van der Waals surface area contributed by atoms with Crippen LogP contribution in [0.25, 0.3) is 0 Å². The van der Waals surface area contributed by atoms with Crippen LogP contribution >= 0.6 is 11.6 Å². The minimum atomic E-state index is -0.0278. The van der Waals surface area contributed by atoms with E-state index in [2.05, 4.69) is 0 Å². The number of hydrogen-bond donors (Lipinski definition) is 0. The van der Waals surface area contributed by atoms with E-state index in [0.717, 1.165) is 22.4 Å². The molecule has 0 aromatic heterocycles. The van der Waals surface area contributed by atoms with Crippen molar-refractivity contribution < 1.29 is 14.3 Å². The SMILES string of the molecule is COc1cccc2c1CN(C(C)Cc1ccc3c(c1Cl)CN(C)C3=O)C2=O. The zero-order chi connectivity index (χ0) is 19.3. The molecule has 2 aliphatic heterocycles. The van der Waals surface area contributed by atoms with Crippen LogP contribution in [0.4, 0.5) is 0 Å². The summed E-state index contributed by atoms with van der Waals surface area (Å²) >= 11 is 6.61. The van der Waals surface area contributed by atoms with Crippen LogP contribution in [0.5, 0.6) is 5.75 Å². The van der Waals surface area contributed by atoms with E-state index in [9.17, 15) is 9.59 Å². The first-order chi connectivity index (χ1) is 12.9. The number of amides is 2. The maximum Gasteiger partial charge on any atom is 0.254 e. The monoisotopic (exact) mass is 384 g/mol. The lowest BCUT2D eigenvalue weighted by Gasteiger charge is -2.25. The average molecular weight is 385 g/mol. The van der Waals surface area contributed by atoms with Gasteiger partial charge < -0.3 is 14.5 Å². The fraction of sp³-hybridized carbons (Fsp3) is 0.333. The molecule has 140 valence electrons. The van der Waals surface area contributed by atoms with Gasteiger partial charge in [0.1, 0.15) is 5.75 Å². The third-order valence-electron chi connectivity index (χ3n) is 5.52. The lowest BCUT2D eigenvalue weighted by Crippen LogP contribution is -2.34. The summed E-state index contributed by atoms with van der Waals surface area (Å²) in [6.07, 6.45) is 0.631. The van der Waals surface area contributed by atoms with Crippen molar-refractivity contribution in [2.75, 3.05) is 14.2 Å². The number of carbonyl (C=O) groups is 2. The summed E-state index contributed by atoms with van der Waals surface area (Å²) in [6, 6.07) is 9.29. The van der Waals surface area contributed by atoms with Crippen molar-refractivity contribution in [1.82, 2.24) is 9.80 Å². The van der Waals surface area contributed by atoms with Gasteiger partial charge in [-0.05, 0) is 37.1 Å². The fourth-order valence-corrected chi connectivity index (χ4v) is 4.30. The number of fused-ring (bicyclic) bond motifs is 2. The quantitative estimate of drug-likeness (QED) is 0.810. The van der Waals surface area contributed by atoms with Gasteiger partial charge in [0.2, 0.25) is 0 Å². The van der Waals surface area contributed by atoms with Crippen molar-refractivity contribution in [2.24, 2.45) is 0 Å². The Balaban J connectivity index is 1.58. The molecule has 6 heteroatoms. The number of carbonyl (C=O) groups excluding carboxylic acids is 2. The van der Waals surface area contributed by atoms with Crippen LogP contribution in [0, 0.1) is 0 Å². The summed E-state index contributed by atoms with van der Waals surface area (Å²) in [6.45, 7) is 3.08. The van der Waals surface area contributed by atoms with Gasteiger partial charge in [0, 0.05) is 46.9 Å². The molecule has 0 saturated heterocycles. The zero-order valence-electron chi connectivity index (χ0n) is 15.6. The number of halogens is 1.